The van der Waals surface area contributed by atoms with Gasteiger partial charge in [-0.15, -0.1) is 0 Å². The van der Waals surface area contributed by atoms with Crippen LogP contribution in [0.3, 0.4) is 0 Å². The summed E-state index contributed by atoms with van der Waals surface area (Å²) in [7, 11) is 0. The van der Waals surface area contributed by atoms with Gasteiger partial charge in [0.1, 0.15) is 5.75 Å². The lowest BCUT2D eigenvalue weighted by molar-refractivity contribution is -0.0180. The molecule has 1 heterocycles. The van der Waals surface area contributed by atoms with Crippen LogP contribution in [0.15, 0.2) is 30.5 Å². The fraction of sp³-hybridized carbons (Fsp3) is 0.273. The minimum Gasteiger partial charge on any atom is -0.464 e. The lowest BCUT2D eigenvalue weighted by Gasteiger charge is -2.11. The zero-order valence-corrected chi connectivity index (χ0v) is 8.03. The zero-order chi connectivity index (χ0) is 9.97. The second-order valence-electron chi connectivity index (χ2n) is 3.18. The van der Waals surface area contributed by atoms with E-state index in [-0.39, 0.29) is 0 Å². The molecule has 0 aliphatic rings. The Hall–Kier alpha value is -1.48. The molecule has 0 spiro atoms. The van der Waals surface area contributed by atoms with Crippen LogP contribution in [-0.2, 0) is 0 Å². The van der Waals surface area contributed by atoms with E-state index in [1.165, 1.54) is 0 Å². The number of nitrogens with one attached hydrogen (secondary N) is 1. The molecule has 0 aliphatic heterocycles. The van der Waals surface area contributed by atoms with Crippen molar-refractivity contribution in [3.63, 3.8) is 0 Å². The molecule has 1 unspecified atom stereocenters. The number of hydrogen-bond donors (Lipinski definition) is 2. The van der Waals surface area contributed by atoms with Gasteiger partial charge in [0.25, 0.3) is 0 Å². The summed E-state index contributed by atoms with van der Waals surface area (Å²) in [6.45, 7) is 1.88. The Labute approximate surface area is 82.3 Å². The predicted octanol–water partition coefficient (Wildman–Crippen LogP) is 2.28. The summed E-state index contributed by atoms with van der Waals surface area (Å²) in [6.07, 6.45) is 1.71. The average molecular weight is 191 g/mol. The molecule has 0 saturated heterocycles. The van der Waals surface area contributed by atoms with Gasteiger partial charge in [0.2, 0.25) is 0 Å². The van der Waals surface area contributed by atoms with E-state index in [0.717, 1.165) is 16.7 Å². The van der Waals surface area contributed by atoms with E-state index in [0.29, 0.717) is 6.42 Å². The van der Waals surface area contributed by atoms with Gasteiger partial charge in [-0.05, 0) is 18.2 Å². The lowest BCUT2D eigenvalue weighted by atomic mass is 10.2. The topological polar surface area (TPSA) is 45.2 Å². The van der Waals surface area contributed by atoms with E-state index in [1.807, 2.05) is 37.4 Å². The Bertz CT molecular complexity index is 422. The van der Waals surface area contributed by atoms with Crippen LogP contribution < -0.4 is 4.74 Å². The number of fused-ring (bicyclic) bond motifs is 1. The van der Waals surface area contributed by atoms with Gasteiger partial charge in [-0.2, -0.15) is 0 Å². The van der Waals surface area contributed by atoms with Crippen LogP contribution in [0.1, 0.15) is 13.3 Å². The van der Waals surface area contributed by atoms with Gasteiger partial charge in [0, 0.05) is 23.5 Å². The van der Waals surface area contributed by atoms with Gasteiger partial charge in [-0.25, -0.2) is 0 Å². The van der Waals surface area contributed by atoms with Crippen molar-refractivity contribution in [3.05, 3.63) is 30.5 Å². The van der Waals surface area contributed by atoms with Gasteiger partial charge in [0.05, 0.1) is 0 Å². The average Bonchev–Trinajstić information content (AvgIpc) is 2.66. The molecule has 0 bridgehead atoms. The van der Waals surface area contributed by atoms with Crippen molar-refractivity contribution in [3.8, 4) is 5.75 Å². The Kier molecular flexibility index (Phi) is 2.41. The van der Waals surface area contributed by atoms with Crippen molar-refractivity contribution < 1.29 is 9.84 Å². The fourth-order valence-electron chi connectivity index (χ4n) is 1.39. The van der Waals surface area contributed by atoms with Gasteiger partial charge in [-0.3, -0.25) is 0 Å². The summed E-state index contributed by atoms with van der Waals surface area (Å²) in [4.78, 5) is 3.09. The molecule has 1 aromatic carbocycles. The number of aliphatic hydroxyl groups excluding tert-OH is 1. The lowest BCUT2D eigenvalue weighted by Crippen LogP contribution is -2.13. The SMILES string of the molecule is CCC(O)Oc1cccc2[nH]ccc12. The van der Waals surface area contributed by atoms with Crippen LogP contribution in [0.2, 0.25) is 0 Å². The Morgan fingerprint density at radius 3 is 3.07 bits per heavy atom. The highest BCUT2D eigenvalue weighted by atomic mass is 16.6. The van der Waals surface area contributed by atoms with Gasteiger partial charge in [0.15, 0.2) is 6.29 Å². The number of benzene rings is 1. The first-order chi connectivity index (χ1) is 6.81. The molecule has 2 N–H and O–H groups in total. The number of rotatable bonds is 3. The van der Waals surface area contributed by atoms with Crippen molar-refractivity contribution in [2.24, 2.45) is 0 Å². The maximum absolute atomic E-state index is 9.38. The standard InChI is InChI=1S/C11H13NO2/c1-2-11(13)14-10-5-3-4-9-8(10)6-7-12-9/h3-7,11-13H,2H2,1H3. The summed E-state index contributed by atoms with van der Waals surface area (Å²) in [5.41, 5.74) is 1.02. The highest BCUT2D eigenvalue weighted by molar-refractivity contribution is 5.85. The molecule has 0 saturated carbocycles. The van der Waals surface area contributed by atoms with E-state index >= 15 is 0 Å². The quantitative estimate of drug-likeness (QED) is 0.731. The van der Waals surface area contributed by atoms with E-state index in [2.05, 4.69) is 4.98 Å². The zero-order valence-electron chi connectivity index (χ0n) is 8.03. The first-order valence-corrected chi connectivity index (χ1v) is 4.72. The van der Waals surface area contributed by atoms with Crippen molar-refractivity contribution in [2.75, 3.05) is 0 Å². The first kappa shape index (κ1) is 9.09. The normalized spacial score (nSPS) is 13.0. The summed E-state index contributed by atoms with van der Waals surface area (Å²) in [5.74, 6) is 0.720. The highest BCUT2D eigenvalue weighted by Crippen LogP contribution is 2.25. The van der Waals surface area contributed by atoms with Crippen molar-refractivity contribution >= 4 is 10.9 Å². The molecule has 1 aromatic heterocycles. The third-order valence-electron chi connectivity index (χ3n) is 2.17. The summed E-state index contributed by atoms with van der Waals surface area (Å²) >= 11 is 0. The molecule has 14 heavy (non-hydrogen) atoms. The number of aromatic nitrogens is 1. The Morgan fingerprint density at radius 1 is 1.43 bits per heavy atom. The molecule has 3 nitrogen and oxygen atoms in total. The number of hydrogen-bond acceptors (Lipinski definition) is 2. The molecule has 0 amide bonds. The molecule has 0 radical (unpaired) electrons. The molecule has 2 rings (SSSR count). The number of H-pyrrole nitrogens is 1. The van der Waals surface area contributed by atoms with E-state index < -0.39 is 6.29 Å². The van der Waals surface area contributed by atoms with Crippen LogP contribution in [-0.4, -0.2) is 16.4 Å². The van der Waals surface area contributed by atoms with E-state index in [9.17, 15) is 5.11 Å². The van der Waals surface area contributed by atoms with E-state index in [4.69, 9.17) is 4.74 Å². The van der Waals surface area contributed by atoms with Crippen LogP contribution in [0.5, 0.6) is 5.75 Å². The summed E-state index contributed by atoms with van der Waals surface area (Å²) in [6, 6.07) is 7.67. The minimum atomic E-state index is -0.726. The monoisotopic (exact) mass is 191 g/mol. The number of aliphatic hydroxyl groups is 1. The van der Waals surface area contributed by atoms with Crippen molar-refractivity contribution in [1.82, 2.24) is 4.98 Å². The van der Waals surface area contributed by atoms with Gasteiger partial charge in [-0.1, -0.05) is 13.0 Å². The maximum atomic E-state index is 9.38. The van der Waals surface area contributed by atoms with Crippen LogP contribution in [0.4, 0.5) is 0 Å². The van der Waals surface area contributed by atoms with Crippen LogP contribution in [0, 0.1) is 0 Å². The fourth-order valence-corrected chi connectivity index (χ4v) is 1.39. The molecule has 1 atom stereocenters. The molecule has 0 fully saturated rings. The maximum Gasteiger partial charge on any atom is 0.197 e. The molecule has 2 aromatic rings. The largest absolute Gasteiger partial charge is 0.464 e. The summed E-state index contributed by atoms with van der Waals surface area (Å²) < 4.78 is 5.37. The second-order valence-corrected chi connectivity index (χ2v) is 3.18. The third kappa shape index (κ3) is 1.59. The second kappa shape index (κ2) is 3.72. The van der Waals surface area contributed by atoms with Crippen LogP contribution in [0.25, 0.3) is 10.9 Å². The summed E-state index contributed by atoms with van der Waals surface area (Å²) in [5, 5.41) is 10.4. The predicted molar refractivity (Wildman–Crippen MR) is 55.2 cm³/mol. The number of aromatic amines is 1. The van der Waals surface area contributed by atoms with Crippen LogP contribution >= 0.6 is 0 Å². The molecular weight excluding hydrogens is 178 g/mol. The highest BCUT2D eigenvalue weighted by Gasteiger charge is 2.06. The first-order valence-electron chi connectivity index (χ1n) is 4.72. The smallest absolute Gasteiger partial charge is 0.197 e. The van der Waals surface area contributed by atoms with Crippen molar-refractivity contribution in [2.45, 2.75) is 19.6 Å². The number of ether oxygens (including phenoxy) is 1. The van der Waals surface area contributed by atoms with E-state index in [1.54, 1.807) is 0 Å². The molecule has 0 aliphatic carbocycles. The third-order valence-corrected chi connectivity index (χ3v) is 2.17. The minimum absolute atomic E-state index is 0.584. The van der Waals surface area contributed by atoms with Gasteiger partial charge < -0.3 is 14.8 Å². The Morgan fingerprint density at radius 2 is 2.29 bits per heavy atom. The molecule has 74 valence electrons. The molecule has 3 heteroatoms. The molecular formula is C11H13NO2. The van der Waals surface area contributed by atoms with Gasteiger partial charge >= 0.3 is 0 Å². The van der Waals surface area contributed by atoms with Crippen molar-refractivity contribution in [1.29, 1.82) is 0 Å². The Balaban J connectivity index is 2.36.